The van der Waals surface area contributed by atoms with E-state index < -0.39 is 12.2 Å². The van der Waals surface area contributed by atoms with Crippen molar-refractivity contribution < 1.29 is 13.2 Å². The van der Waals surface area contributed by atoms with Gasteiger partial charge in [-0.05, 0) is 34.5 Å². The van der Waals surface area contributed by atoms with Crippen molar-refractivity contribution in [1.29, 1.82) is 0 Å². The summed E-state index contributed by atoms with van der Waals surface area (Å²) in [5.41, 5.74) is 5.19. The van der Waals surface area contributed by atoms with E-state index >= 15 is 0 Å². The lowest BCUT2D eigenvalue weighted by Crippen LogP contribution is -2.28. The Hall–Kier alpha value is -0.0700. The first-order valence-corrected chi connectivity index (χ1v) is 5.01. The Morgan fingerprint density at radius 2 is 2.08 bits per heavy atom. The number of hydrogen-bond donors (Lipinski definition) is 1. The lowest BCUT2D eigenvalue weighted by molar-refractivity contribution is -0.149. The van der Waals surface area contributed by atoms with Crippen LogP contribution >= 0.6 is 27.3 Å². The number of rotatable bonds is 1. The molecule has 1 heterocycles. The molecule has 13 heavy (non-hydrogen) atoms. The summed E-state index contributed by atoms with van der Waals surface area (Å²) in [5.74, 6) is 0. The van der Waals surface area contributed by atoms with Gasteiger partial charge in [-0.2, -0.15) is 13.2 Å². The van der Waals surface area contributed by atoms with E-state index in [1.54, 1.807) is 6.92 Å². The van der Waals surface area contributed by atoms with Crippen LogP contribution in [0.5, 0.6) is 0 Å². The van der Waals surface area contributed by atoms with Crippen LogP contribution in [0.4, 0.5) is 13.2 Å². The zero-order valence-electron chi connectivity index (χ0n) is 6.65. The number of alkyl halides is 3. The van der Waals surface area contributed by atoms with Crippen LogP contribution in [0.2, 0.25) is 0 Å². The monoisotopic (exact) mass is 273 g/mol. The zero-order chi connectivity index (χ0) is 10.2. The van der Waals surface area contributed by atoms with Crippen molar-refractivity contribution >= 4 is 27.3 Å². The summed E-state index contributed by atoms with van der Waals surface area (Å²) in [5, 5.41) is 0. The van der Waals surface area contributed by atoms with Crippen molar-refractivity contribution in [3.63, 3.8) is 0 Å². The van der Waals surface area contributed by atoms with Crippen molar-refractivity contribution in [2.75, 3.05) is 0 Å². The van der Waals surface area contributed by atoms with Gasteiger partial charge < -0.3 is 5.73 Å². The number of halogens is 4. The molecule has 2 N–H and O–H groups in total. The standard InChI is InChI=1S/C7H7BrF3NS/c1-3-4(2-5(8)13-3)6(12)7(9,10)11/h2,6H,12H2,1H3. The third kappa shape index (κ3) is 2.45. The predicted octanol–water partition coefficient (Wildman–Crippen LogP) is 3.38. The fraction of sp³-hybridized carbons (Fsp3) is 0.429. The van der Waals surface area contributed by atoms with Crippen LogP contribution in [0, 0.1) is 6.92 Å². The number of nitrogens with two attached hydrogens (primary N) is 1. The average molecular weight is 274 g/mol. The molecule has 0 saturated heterocycles. The van der Waals surface area contributed by atoms with Gasteiger partial charge >= 0.3 is 6.18 Å². The molecule has 1 nitrogen and oxygen atoms in total. The Kier molecular flexibility index (Phi) is 3.04. The average Bonchev–Trinajstić information content (AvgIpc) is 2.26. The van der Waals surface area contributed by atoms with Crippen LogP contribution < -0.4 is 5.73 Å². The number of hydrogen-bond acceptors (Lipinski definition) is 2. The molecule has 0 spiro atoms. The first-order valence-electron chi connectivity index (χ1n) is 3.40. The lowest BCUT2D eigenvalue weighted by atomic mass is 10.1. The summed E-state index contributed by atoms with van der Waals surface area (Å²) < 4.78 is 37.2. The highest BCUT2D eigenvalue weighted by atomic mass is 79.9. The van der Waals surface area contributed by atoms with Crippen molar-refractivity contribution in [3.05, 3.63) is 20.3 Å². The molecule has 0 fully saturated rings. The summed E-state index contributed by atoms with van der Waals surface area (Å²) in [6, 6.07) is -0.465. The quantitative estimate of drug-likeness (QED) is 0.834. The van der Waals surface area contributed by atoms with Crippen LogP contribution in [0.25, 0.3) is 0 Å². The van der Waals surface area contributed by atoms with Crippen LogP contribution in [0.15, 0.2) is 9.85 Å². The molecule has 1 unspecified atom stereocenters. The Labute approximate surface area is 85.9 Å². The van der Waals surface area contributed by atoms with E-state index in [0.29, 0.717) is 8.66 Å². The molecule has 0 bridgehead atoms. The summed E-state index contributed by atoms with van der Waals surface area (Å²) in [6.45, 7) is 1.62. The third-order valence-corrected chi connectivity index (χ3v) is 3.18. The summed E-state index contributed by atoms with van der Waals surface area (Å²) in [6.07, 6.45) is -4.37. The molecule has 1 atom stereocenters. The minimum Gasteiger partial charge on any atom is -0.316 e. The topological polar surface area (TPSA) is 26.0 Å². The first kappa shape index (κ1) is 11.0. The molecule has 1 rings (SSSR count). The lowest BCUT2D eigenvalue weighted by Gasteiger charge is -2.14. The second-order valence-corrected chi connectivity index (χ2v) is 5.22. The fourth-order valence-corrected chi connectivity index (χ4v) is 2.70. The highest BCUT2D eigenvalue weighted by molar-refractivity contribution is 9.11. The van der Waals surface area contributed by atoms with E-state index in [2.05, 4.69) is 15.9 Å². The first-order chi connectivity index (χ1) is 5.82. The van der Waals surface area contributed by atoms with Crippen molar-refractivity contribution in [3.8, 4) is 0 Å². The highest BCUT2D eigenvalue weighted by Crippen LogP contribution is 2.37. The largest absolute Gasteiger partial charge is 0.407 e. The molecule has 6 heteroatoms. The van der Waals surface area contributed by atoms with Gasteiger partial charge in [0.25, 0.3) is 0 Å². The van der Waals surface area contributed by atoms with Gasteiger partial charge in [-0.25, -0.2) is 0 Å². The molecular weight excluding hydrogens is 267 g/mol. The normalized spacial score (nSPS) is 14.6. The van der Waals surface area contributed by atoms with E-state index in [-0.39, 0.29) is 5.56 Å². The van der Waals surface area contributed by atoms with Crippen molar-refractivity contribution in [2.45, 2.75) is 19.1 Å². The summed E-state index contributed by atoms with van der Waals surface area (Å²) >= 11 is 4.36. The minimum absolute atomic E-state index is 0.143. The van der Waals surface area contributed by atoms with E-state index in [0.717, 1.165) is 0 Å². The van der Waals surface area contributed by atoms with Gasteiger partial charge in [0.15, 0.2) is 0 Å². The van der Waals surface area contributed by atoms with Gasteiger partial charge in [-0.1, -0.05) is 0 Å². The maximum Gasteiger partial charge on any atom is 0.407 e. The molecule has 0 aliphatic heterocycles. The zero-order valence-corrected chi connectivity index (χ0v) is 9.05. The molecule has 74 valence electrons. The molecule has 0 aromatic carbocycles. The smallest absolute Gasteiger partial charge is 0.316 e. The molecule has 0 aliphatic carbocycles. The molecule has 1 aromatic heterocycles. The fourth-order valence-electron chi connectivity index (χ4n) is 0.944. The van der Waals surface area contributed by atoms with Gasteiger partial charge in [0.1, 0.15) is 6.04 Å². The highest BCUT2D eigenvalue weighted by Gasteiger charge is 2.39. The minimum atomic E-state index is -4.37. The Morgan fingerprint density at radius 1 is 1.54 bits per heavy atom. The molecule has 0 aliphatic rings. The molecule has 0 amide bonds. The van der Waals surface area contributed by atoms with Gasteiger partial charge in [-0.3, -0.25) is 0 Å². The maximum absolute atomic E-state index is 12.2. The predicted molar refractivity (Wildman–Crippen MR) is 49.7 cm³/mol. The van der Waals surface area contributed by atoms with Crippen molar-refractivity contribution in [2.24, 2.45) is 5.73 Å². The molecule has 0 radical (unpaired) electrons. The summed E-state index contributed by atoms with van der Waals surface area (Å²) in [4.78, 5) is 0.594. The Balaban J connectivity index is 3.01. The molecule has 0 saturated carbocycles. The van der Waals surface area contributed by atoms with E-state index in [9.17, 15) is 13.2 Å². The number of aryl methyl sites for hydroxylation is 1. The van der Waals surface area contributed by atoms with Gasteiger partial charge in [0.05, 0.1) is 3.79 Å². The van der Waals surface area contributed by atoms with Gasteiger partial charge in [-0.15, -0.1) is 11.3 Å². The SMILES string of the molecule is Cc1sc(Br)cc1C(N)C(F)(F)F. The van der Waals surface area contributed by atoms with Gasteiger partial charge in [0, 0.05) is 4.88 Å². The number of thiophene rings is 1. The van der Waals surface area contributed by atoms with Gasteiger partial charge in [0.2, 0.25) is 0 Å². The third-order valence-electron chi connectivity index (χ3n) is 1.61. The van der Waals surface area contributed by atoms with E-state index in [1.165, 1.54) is 17.4 Å². The molecular formula is C7H7BrF3NS. The van der Waals surface area contributed by atoms with Crippen LogP contribution in [0.1, 0.15) is 16.5 Å². The molecule has 1 aromatic rings. The summed E-state index contributed by atoms with van der Waals surface area (Å²) in [7, 11) is 0. The van der Waals surface area contributed by atoms with Crippen LogP contribution in [-0.2, 0) is 0 Å². The Bertz CT molecular complexity index is 307. The van der Waals surface area contributed by atoms with E-state index in [4.69, 9.17) is 5.73 Å². The second-order valence-electron chi connectivity index (χ2n) is 2.58. The Morgan fingerprint density at radius 3 is 2.38 bits per heavy atom. The van der Waals surface area contributed by atoms with Crippen molar-refractivity contribution in [1.82, 2.24) is 0 Å². The van der Waals surface area contributed by atoms with Crippen LogP contribution in [0.3, 0.4) is 0 Å². The maximum atomic E-state index is 12.2. The second kappa shape index (κ2) is 3.59. The van der Waals surface area contributed by atoms with Crippen LogP contribution in [-0.4, -0.2) is 6.18 Å². The van der Waals surface area contributed by atoms with E-state index in [1.807, 2.05) is 0 Å².